The Morgan fingerprint density at radius 1 is 1.07 bits per heavy atom. The summed E-state index contributed by atoms with van der Waals surface area (Å²) in [6.45, 7) is 1.98. The number of nitrogens with zero attached hydrogens (tertiary/aromatic N) is 1. The zero-order valence-corrected chi connectivity index (χ0v) is 17.2. The molecule has 27 heavy (non-hydrogen) atoms. The van der Waals surface area contributed by atoms with Gasteiger partial charge in [0, 0.05) is 14.8 Å². The number of carbonyl (C=O) groups excluding carboxylic acids is 1. The van der Waals surface area contributed by atoms with Crippen molar-refractivity contribution in [1.29, 1.82) is 0 Å². The van der Waals surface area contributed by atoms with E-state index < -0.39 is 0 Å². The van der Waals surface area contributed by atoms with Crippen LogP contribution in [0.5, 0.6) is 0 Å². The number of fused-ring (bicyclic) bond motifs is 1. The summed E-state index contributed by atoms with van der Waals surface area (Å²) in [5.41, 5.74) is 4.39. The second kappa shape index (κ2) is 7.32. The van der Waals surface area contributed by atoms with E-state index in [-0.39, 0.29) is 5.91 Å². The van der Waals surface area contributed by atoms with Gasteiger partial charge in [-0.2, -0.15) is 0 Å². The highest BCUT2D eigenvalue weighted by atomic mass is 127. The average molecular weight is 489 g/mol. The molecule has 0 spiro atoms. The lowest BCUT2D eigenvalue weighted by atomic mass is 10.1. The molecule has 0 atom stereocenters. The van der Waals surface area contributed by atoms with Crippen LogP contribution in [0.1, 0.15) is 15.9 Å². The van der Waals surface area contributed by atoms with Crippen LogP contribution in [0.4, 0.5) is 5.69 Å². The van der Waals surface area contributed by atoms with Gasteiger partial charge in [0.05, 0.1) is 10.6 Å². The van der Waals surface area contributed by atoms with Crippen molar-refractivity contribution in [2.45, 2.75) is 6.92 Å². The summed E-state index contributed by atoms with van der Waals surface area (Å²) in [6.07, 6.45) is 0. The summed E-state index contributed by atoms with van der Waals surface area (Å²) in [6, 6.07) is 18.5. The molecule has 0 saturated carbocycles. The van der Waals surface area contributed by atoms with Gasteiger partial charge in [0.15, 0.2) is 5.58 Å². The molecule has 3 aromatic carbocycles. The number of rotatable bonds is 3. The molecule has 1 aromatic heterocycles. The fourth-order valence-electron chi connectivity index (χ4n) is 2.69. The summed E-state index contributed by atoms with van der Waals surface area (Å²) in [7, 11) is 0. The molecular formula is C21H14ClIN2O2. The van der Waals surface area contributed by atoms with Crippen LogP contribution < -0.4 is 5.32 Å². The molecule has 4 rings (SSSR count). The van der Waals surface area contributed by atoms with Crippen LogP contribution in [0.3, 0.4) is 0 Å². The van der Waals surface area contributed by atoms with Gasteiger partial charge in [-0.15, -0.1) is 0 Å². The molecule has 4 nitrogen and oxygen atoms in total. The Balaban J connectivity index is 1.64. The van der Waals surface area contributed by atoms with Crippen molar-refractivity contribution in [1.82, 2.24) is 4.98 Å². The minimum absolute atomic E-state index is 0.168. The molecule has 0 bridgehead atoms. The minimum atomic E-state index is -0.168. The van der Waals surface area contributed by atoms with Crippen molar-refractivity contribution < 1.29 is 9.21 Å². The van der Waals surface area contributed by atoms with E-state index >= 15 is 0 Å². The van der Waals surface area contributed by atoms with Gasteiger partial charge in [-0.3, -0.25) is 4.79 Å². The van der Waals surface area contributed by atoms with Crippen molar-refractivity contribution in [2.75, 3.05) is 5.32 Å². The highest BCUT2D eigenvalue weighted by Gasteiger charge is 2.13. The summed E-state index contributed by atoms with van der Waals surface area (Å²) < 4.78 is 6.88. The lowest BCUT2D eigenvalue weighted by Gasteiger charge is -2.05. The van der Waals surface area contributed by atoms with E-state index in [1.165, 1.54) is 0 Å². The van der Waals surface area contributed by atoms with Crippen molar-refractivity contribution in [3.8, 4) is 11.5 Å². The third-order valence-corrected chi connectivity index (χ3v) is 5.12. The van der Waals surface area contributed by atoms with E-state index in [4.69, 9.17) is 16.0 Å². The number of oxazole rings is 1. The number of halogens is 2. The molecule has 0 aliphatic rings. The highest BCUT2D eigenvalue weighted by molar-refractivity contribution is 14.1. The second-order valence-electron chi connectivity index (χ2n) is 6.15. The van der Waals surface area contributed by atoms with Crippen LogP contribution in [-0.2, 0) is 0 Å². The van der Waals surface area contributed by atoms with Crippen molar-refractivity contribution in [3.63, 3.8) is 0 Å². The van der Waals surface area contributed by atoms with Crippen molar-refractivity contribution >= 4 is 56.9 Å². The van der Waals surface area contributed by atoms with Crippen LogP contribution >= 0.6 is 34.2 Å². The number of carbonyl (C=O) groups is 1. The maximum absolute atomic E-state index is 12.4. The maximum atomic E-state index is 12.4. The summed E-state index contributed by atoms with van der Waals surface area (Å²) in [5, 5.41) is 3.47. The molecule has 0 aliphatic carbocycles. The lowest BCUT2D eigenvalue weighted by molar-refractivity contribution is 0.102. The van der Waals surface area contributed by atoms with Crippen LogP contribution in [0, 0.1) is 10.5 Å². The molecule has 1 N–H and O–H groups in total. The standard InChI is InChI=1S/C21H14ClIN2O2/c1-12-2-4-13(5-3-12)20(26)24-15-7-9-19-18(11-15)25-21(27-19)16-10-14(23)6-8-17(16)22/h2-11H,1H3,(H,24,26). The SMILES string of the molecule is Cc1ccc(C(=O)Nc2ccc3oc(-c4cc(I)ccc4Cl)nc3c2)cc1. The van der Waals surface area contributed by atoms with Gasteiger partial charge in [-0.25, -0.2) is 4.98 Å². The summed E-state index contributed by atoms with van der Waals surface area (Å²) in [5.74, 6) is 0.286. The van der Waals surface area contributed by atoms with Gasteiger partial charge in [0.1, 0.15) is 5.52 Å². The molecule has 0 radical (unpaired) electrons. The Kier molecular flexibility index (Phi) is 4.88. The van der Waals surface area contributed by atoms with Crippen LogP contribution in [0.15, 0.2) is 65.1 Å². The number of aromatic nitrogens is 1. The highest BCUT2D eigenvalue weighted by Crippen LogP contribution is 2.32. The summed E-state index contributed by atoms with van der Waals surface area (Å²) >= 11 is 8.49. The first-order chi connectivity index (χ1) is 13.0. The number of benzene rings is 3. The van der Waals surface area contributed by atoms with Crippen LogP contribution in [-0.4, -0.2) is 10.9 Å². The number of amides is 1. The largest absolute Gasteiger partial charge is 0.436 e. The van der Waals surface area contributed by atoms with Crippen LogP contribution in [0.2, 0.25) is 5.02 Å². The summed E-state index contributed by atoms with van der Waals surface area (Å²) in [4.78, 5) is 16.9. The predicted octanol–water partition coefficient (Wildman–Crippen LogP) is 6.31. The Morgan fingerprint density at radius 3 is 2.63 bits per heavy atom. The molecule has 134 valence electrons. The topological polar surface area (TPSA) is 55.1 Å². The zero-order chi connectivity index (χ0) is 19.0. The minimum Gasteiger partial charge on any atom is -0.436 e. The number of hydrogen-bond acceptors (Lipinski definition) is 3. The fraction of sp³-hybridized carbons (Fsp3) is 0.0476. The third kappa shape index (κ3) is 3.84. The van der Waals surface area contributed by atoms with Crippen molar-refractivity contribution in [2.24, 2.45) is 0 Å². The van der Waals surface area contributed by atoms with Gasteiger partial charge in [0.25, 0.3) is 5.91 Å². The lowest BCUT2D eigenvalue weighted by Crippen LogP contribution is -2.11. The molecule has 6 heteroatoms. The second-order valence-corrected chi connectivity index (χ2v) is 7.80. The van der Waals surface area contributed by atoms with Gasteiger partial charge < -0.3 is 9.73 Å². The third-order valence-electron chi connectivity index (χ3n) is 4.12. The van der Waals surface area contributed by atoms with Gasteiger partial charge in [-0.1, -0.05) is 29.3 Å². The predicted molar refractivity (Wildman–Crippen MR) is 116 cm³/mol. The van der Waals surface area contributed by atoms with E-state index in [1.54, 1.807) is 30.3 Å². The molecule has 1 heterocycles. The Bertz CT molecular complexity index is 1150. The molecule has 4 aromatic rings. The number of aryl methyl sites for hydroxylation is 1. The van der Waals surface area contributed by atoms with E-state index in [9.17, 15) is 4.79 Å². The molecular weight excluding hydrogens is 475 g/mol. The van der Waals surface area contributed by atoms with Crippen LogP contribution in [0.25, 0.3) is 22.6 Å². The smallest absolute Gasteiger partial charge is 0.255 e. The normalized spacial score (nSPS) is 10.9. The van der Waals surface area contributed by atoms with Crippen molar-refractivity contribution in [3.05, 3.63) is 80.4 Å². The quantitative estimate of drug-likeness (QED) is 0.344. The first-order valence-electron chi connectivity index (χ1n) is 8.23. The fourth-order valence-corrected chi connectivity index (χ4v) is 3.38. The van der Waals surface area contributed by atoms with E-state index in [0.29, 0.717) is 33.3 Å². The molecule has 1 amide bonds. The molecule has 0 aliphatic heterocycles. The van der Waals surface area contributed by atoms with E-state index in [0.717, 1.165) is 14.7 Å². The maximum Gasteiger partial charge on any atom is 0.255 e. The molecule has 0 saturated heterocycles. The van der Waals surface area contributed by atoms with E-state index in [1.807, 2.05) is 37.3 Å². The average Bonchev–Trinajstić information content (AvgIpc) is 3.07. The Labute approximate surface area is 174 Å². The van der Waals surface area contributed by atoms with E-state index in [2.05, 4.69) is 32.9 Å². The molecule has 0 unspecified atom stereocenters. The van der Waals surface area contributed by atoms with Gasteiger partial charge in [0.2, 0.25) is 5.89 Å². The number of nitrogens with one attached hydrogen (secondary N) is 1. The van der Waals surface area contributed by atoms with Gasteiger partial charge in [-0.05, 0) is 78.0 Å². The molecule has 0 fully saturated rings. The Hall–Kier alpha value is -2.38. The zero-order valence-electron chi connectivity index (χ0n) is 14.3. The van der Waals surface area contributed by atoms with Gasteiger partial charge >= 0.3 is 0 Å². The number of hydrogen-bond donors (Lipinski definition) is 1. The first kappa shape index (κ1) is 18.0. The monoisotopic (exact) mass is 488 g/mol. The first-order valence-corrected chi connectivity index (χ1v) is 9.69. The Morgan fingerprint density at radius 2 is 1.85 bits per heavy atom. The number of anilines is 1.